The second-order valence-electron chi connectivity index (χ2n) is 11.6. The fraction of sp³-hybridized carbons (Fsp3) is 0.314. The molecule has 1 unspecified atom stereocenters. The van der Waals surface area contributed by atoms with Crippen molar-refractivity contribution in [1.29, 1.82) is 0 Å². The Morgan fingerprint density at radius 3 is 2.53 bits per heavy atom. The highest BCUT2D eigenvalue weighted by Gasteiger charge is 2.28. The zero-order chi connectivity index (χ0) is 32.9. The molecular formula is C35H35F2N5O5. The molecule has 0 bridgehead atoms. The van der Waals surface area contributed by atoms with Crippen molar-refractivity contribution in [2.75, 3.05) is 33.4 Å². The maximum atomic E-state index is 15.5. The maximum Gasteiger partial charge on any atom is 0.244 e. The van der Waals surface area contributed by atoms with Gasteiger partial charge in [0.15, 0.2) is 23.1 Å². The van der Waals surface area contributed by atoms with Gasteiger partial charge < -0.3 is 29.4 Å². The predicted molar refractivity (Wildman–Crippen MR) is 170 cm³/mol. The van der Waals surface area contributed by atoms with Gasteiger partial charge in [-0.15, -0.1) is 0 Å². The van der Waals surface area contributed by atoms with Crippen LogP contribution in [-0.4, -0.2) is 59.3 Å². The standard InChI is InChI=1S/C35H35F2N5O5/c1-21-11-15-42(16-12-21)14-3-17-45-31-20-27-25(19-30(31)44-2)28(10-13-39-27)46-29-9-6-23(18-26(29)37)32(33(38)43)35-40-34(41-47-35)22-4-7-24(36)8-5-22/h4-10,13,18-21,32H,3,11-12,14-17H2,1-2H3,(H2,38,43). The number of likely N-dealkylation sites (tertiary alicyclic amines) is 1. The minimum Gasteiger partial charge on any atom is -0.493 e. The van der Waals surface area contributed by atoms with Crippen molar-refractivity contribution in [3.05, 3.63) is 89.9 Å². The van der Waals surface area contributed by atoms with Crippen LogP contribution in [0.4, 0.5) is 8.78 Å². The zero-order valence-electron chi connectivity index (χ0n) is 26.1. The molecule has 1 atom stereocenters. The van der Waals surface area contributed by atoms with Crippen molar-refractivity contribution in [2.24, 2.45) is 11.7 Å². The lowest BCUT2D eigenvalue weighted by Gasteiger charge is -2.30. The van der Waals surface area contributed by atoms with Gasteiger partial charge in [0.25, 0.3) is 0 Å². The molecule has 1 fully saturated rings. The zero-order valence-corrected chi connectivity index (χ0v) is 26.1. The Labute approximate surface area is 270 Å². The summed E-state index contributed by atoms with van der Waals surface area (Å²) < 4.78 is 51.8. The normalized spacial score (nSPS) is 14.6. The van der Waals surface area contributed by atoms with Crippen molar-refractivity contribution >= 4 is 16.8 Å². The van der Waals surface area contributed by atoms with Gasteiger partial charge in [-0.2, -0.15) is 4.98 Å². The van der Waals surface area contributed by atoms with Crippen molar-refractivity contribution in [2.45, 2.75) is 32.1 Å². The highest BCUT2D eigenvalue weighted by molar-refractivity contribution is 5.88. The first-order valence-electron chi connectivity index (χ1n) is 15.5. The summed E-state index contributed by atoms with van der Waals surface area (Å²) in [6, 6.07) is 14.6. The van der Waals surface area contributed by atoms with E-state index in [2.05, 4.69) is 26.9 Å². The number of hydrogen-bond donors (Lipinski definition) is 1. The van der Waals surface area contributed by atoms with E-state index in [0.717, 1.165) is 38.0 Å². The van der Waals surface area contributed by atoms with Gasteiger partial charge in [-0.25, -0.2) is 8.78 Å². The van der Waals surface area contributed by atoms with Crippen LogP contribution in [-0.2, 0) is 4.79 Å². The van der Waals surface area contributed by atoms with Gasteiger partial charge in [0.1, 0.15) is 17.5 Å². The van der Waals surface area contributed by atoms with E-state index in [0.29, 0.717) is 40.3 Å². The van der Waals surface area contributed by atoms with E-state index >= 15 is 4.39 Å². The molecule has 244 valence electrons. The van der Waals surface area contributed by atoms with Crippen LogP contribution in [0.5, 0.6) is 23.0 Å². The molecule has 2 N–H and O–H groups in total. The minimum absolute atomic E-state index is 0.0894. The SMILES string of the molecule is COc1cc2c(Oc3ccc(C(C(N)=O)c4nc(-c5ccc(F)cc5)no4)cc3F)ccnc2cc1OCCCN1CCC(C)CC1. The number of nitrogens with two attached hydrogens (primary N) is 1. The maximum absolute atomic E-state index is 15.5. The molecule has 0 saturated carbocycles. The number of primary amides is 1. The molecule has 0 radical (unpaired) electrons. The Morgan fingerprint density at radius 2 is 1.81 bits per heavy atom. The smallest absolute Gasteiger partial charge is 0.244 e. The van der Waals surface area contributed by atoms with E-state index in [1.165, 1.54) is 49.2 Å². The van der Waals surface area contributed by atoms with E-state index in [1.807, 2.05) is 0 Å². The Morgan fingerprint density at radius 1 is 1.02 bits per heavy atom. The Balaban J connectivity index is 1.17. The van der Waals surface area contributed by atoms with Gasteiger partial charge in [-0.05, 0) is 92.4 Å². The number of ether oxygens (including phenoxy) is 3. The first-order valence-corrected chi connectivity index (χ1v) is 15.5. The first kappa shape index (κ1) is 31.9. The van der Waals surface area contributed by atoms with Crippen LogP contribution in [0.15, 0.2) is 71.4 Å². The summed E-state index contributed by atoms with van der Waals surface area (Å²) in [5.74, 6) is -1.10. The molecule has 6 rings (SSSR count). The quantitative estimate of drug-likeness (QED) is 0.152. The molecule has 1 aliphatic heterocycles. The molecule has 0 spiro atoms. The number of rotatable bonds is 12. The van der Waals surface area contributed by atoms with Crippen molar-refractivity contribution < 1.29 is 32.3 Å². The van der Waals surface area contributed by atoms with E-state index in [1.54, 1.807) is 31.5 Å². The monoisotopic (exact) mass is 643 g/mol. The van der Waals surface area contributed by atoms with Crippen LogP contribution in [0.25, 0.3) is 22.3 Å². The van der Waals surface area contributed by atoms with E-state index in [-0.39, 0.29) is 23.0 Å². The lowest BCUT2D eigenvalue weighted by Crippen LogP contribution is -2.34. The average molecular weight is 644 g/mol. The van der Waals surface area contributed by atoms with Gasteiger partial charge in [0, 0.05) is 29.8 Å². The molecule has 47 heavy (non-hydrogen) atoms. The third-order valence-electron chi connectivity index (χ3n) is 8.32. The second kappa shape index (κ2) is 14.1. The number of methoxy groups -OCH3 is 1. The summed E-state index contributed by atoms with van der Waals surface area (Å²) in [6.45, 7) is 6.07. The Bertz CT molecular complexity index is 1860. The summed E-state index contributed by atoms with van der Waals surface area (Å²) in [5.41, 5.74) is 6.91. The first-order chi connectivity index (χ1) is 22.8. The molecule has 0 aliphatic carbocycles. The van der Waals surface area contributed by atoms with E-state index < -0.39 is 23.5 Å². The van der Waals surface area contributed by atoms with Gasteiger partial charge in [-0.1, -0.05) is 18.1 Å². The molecule has 12 heteroatoms. The summed E-state index contributed by atoms with van der Waals surface area (Å²) in [5, 5.41) is 4.46. The number of aromatic nitrogens is 3. The van der Waals surface area contributed by atoms with Crippen LogP contribution in [0, 0.1) is 17.6 Å². The third kappa shape index (κ3) is 7.33. The van der Waals surface area contributed by atoms with Crippen molar-refractivity contribution in [1.82, 2.24) is 20.0 Å². The number of halogens is 2. The van der Waals surface area contributed by atoms with Crippen LogP contribution < -0.4 is 19.9 Å². The van der Waals surface area contributed by atoms with Gasteiger partial charge >= 0.3 is 0 Å². The molecule has 3 aromatic carbocycles. The predicted octanol–water partition coefficient (Wildman–Crippen LogP) is 6.48. The fourth-order valence-corrected chi connectivity index (χ4v) is 5.64. The highest BCUT2D eigenvalue weighted by Crippen LogP contribution is 2.38. The molecule has 3 heterocycles. The van der Waals surface area contributed by atoms with Crippen LogP contribution >= 0.6 is 0 Å². The second-order valence-corrected chi connectivity index (χ2v) is 11.6. The number of fused-ring (bicyclic) bond motifs is 1. The summed E-state index contributed by atoms with van der Waals surface area (Å²) in [4.78, 5) is 23.6. The Kier molecular flexibility index (Phi) is 9.58. The summed E-state index contributed by atoms with van der Waals surface area (Å²) in [6.07, 6.45) is 4.92. The van der Waals surface area contributed by atoms with E-state index in [4.69, 9.17) is 24.5 Å². The molecule has 1 amide bonds. The fourth-order valence-electron chi connectivity index (χ4n) is 5.64. The molecule has 1 saturated heterocycles. The number of piperidine rings is 1. The average Bonchev–Trinajstić information content (AvgIpc) is 3.54. The largest absolute Gasteiger partial charge is 0.493 e. The molecule has 1 aliphatic rings. The summed E-state index contributed by atoms with van der Waals surface area (Å²) in [7, 11) is 1.55. The van der Waals surface area contributed by atoms with Gasteiger partial charge in [-0.3, -0.25) is 9.78 Å². The molecule has 10 nitrogen and oxygen atoms in total. The Hall–Kier alpha value is -5.10. The minimum atomic E-state index is -1.23. The van der Waals surface area contributed by atoms with Crippen LogP contribution in [0.1, 0.15) is 43.6 Å². The number of amides is 1. The number of hydrogen-bond acceptors (Lipinski definition) is 9. The molecule has 2 aromatic heterocycles. The van der Waals surface area contributed by atoms with E-state index in [9.17, 15) is 9.18 Å². The van der Waals surface area contributed by atoms with Crippen molar-refractivity contribution in [3.63, 3.8) is 0 Å². The van der Waals surface area contributed by atoms with Gasteiger partial charge in [0.2, 0.25) is 17.6 Å². The highest BCUT2D eigenvalue weighted by atomic mass is 19.1. The molecular weight excluding hydrogens is 608 g/mol. The number of carbonyl (C=O) groups excluding carboxylic acids is 1. The van der Waals surface area contributed by atoms with Gasteiger partial charge in [0.05, 0.1) is 19.2 Å². The summed E-state index contributed by atoms with van der Waals surface area (Å²) >= 11 is 0. The number of pyridine rings is 1. The number of carbonyl (C=O) groups is 1. The topological polar surface area (TPSA) is 126 Å². The van der Waals surface area contributed by atoms with Crippen LogP contribution in [0.3, 0.4) is 0 Å². The third-order valence-corrected chi connectivity index (χ3v) is 8.32. The molecule has 5 aromatic rings. The number of benzene rings is 3. The lowest BCUT2D eigenvalue weighted by molar-refractivity contribution is -0.119. The van der Waals surface area contributed by atoms with Crippen LogP contribution in [0.2, 0.25) is 0 Å². The van der Waals surface area contributed by atoms with Crippen molar-refractivity contribution in [3.8, 4) is 34.4 Å². The number of nitrogens with zero attached hydrogens (tertiary/aromatic N) is 4. The lowest BCUT2D eigenvalue weighted by atomic mass is 9.98.